The van der Waals surface area contributed by atoms with E-state index in [1.807, 2.05) is 30.3 Å². The quantitative estimate of drug-likeness (QED) is 0.598. The molecule has 5 nitrogen and oxygen atoms in total. The van der Waals surface area contributed by atoms with Gasteiger partial charge in [0.05, 0.1) is 0 Å². The molecule has 2 N–H and O–H groups in total. The molecule has 1 fully saturated rings. The van der Waals surface area contributed by atoms with Crippen LogP contribution < -0.4 is 5.32 Å². The van der Waals surface area contributed by atoms with Crippen molar-refractivity contribution in [3.63, 3.8) is 0 Å². The molecule has 2 aromatic heterocycles. The number of fused-ring (bicyclic) bond motifs is 1. The van der Waals surface area contributed by atoms with Crippen LogP contribution in [-0.4, -0.2) is 45.6 Å². The first kappa shape index (κ1) is 21.4. The third-order valence-corrected chi connectivity index (χ3v) is 5.80. The predicted molar refractivity (Wildman–Crippen MR) is 113 cm³/mol. The predicted octanol–water partition coefficient (Wildman–Crippen LogP) is 4.67. The highest BCUT2D eigenvalue weighted by Crippen LogP contribution is 2.29. The van der Waals surface area contributed by atoms with Crippen LogP contribution in [0.3, 0.4) is 0 Å². The van der Waals surface area contributed by atoms with Crippen LogP contribution in [0, 0.1) is 0 Å². The smallest absolute Gasteiger partial charge is 0.351 e. The van der Waals surface area contributed by atoms with Crippen LogP contribution in [0.15, 0.2) is 54.9 Å². The van der Waals surface area contributed by atoms with Crippen LogP contribution in [0.2, 0.25) is 0 Å². The minimum absolute atomic E-state index is 0.0539. The highest BCUT2D eigenvalue weighted by atomic mass is 19.4. The lowest BCUT2D eigenvalue weighted by Gasteiger charge is -2.38. The molecule has 8 heteroatoms. The fourth-order valence-electron chi connectivity index (χ4n) is 4.30. The maximum atomic E-state index is 13.4. The van der Waals surface area contributed by atoms with Gasteiger partial charge in [-0.3, -0.25) is 9.78 Å². The number of carbonyl (C=O) groups excluding carboxylic acids is 1. The van der Waals surface area contributed by atoms with Crippen LogP contribution in [0.5, 0.6) is 0 Å². The van der Waals surface area contributed by atoms with Gasteiger partial charge in [-0.1, -0.05) is 18.2 Å². The second kappa shape index (κ2) is 9.09. The Labute approximate surface area is 178 Å². The Bertz CT molecular complexity index is 985. The number of aromatic nitrogens is 2. The first-order chi connectivity index (χ1) is 14.9. The molecular weight excluding hydrogens is 405 g/mol. The number of alkyl halides is 3. The van der Waals surface area contributed by atoms with Gasteiger partial charge < -0.3 is 15.2 Å². The van der Waals surface area contributed by atoms with Crippen LogP contribution >= 0.6 is 0 Å². The third kappa shape index (κ3) is 5.44. The van der Waals surface area contributed by atoms with Gasteiger partial charge in [-0.15, -0.1) is 0 Å². The van der Waals surface area contributed by atoms with E-state index in [0.29, 0.717) is 19.4 Å². The Hall–Kier alpha value is -2.87. The summed E-state index contributed by atoms with van der Waals surface area (Å²) in [5.41, 5.74) is 1.99. The fraction of sp³-hybridized carbons (Fsp3) is 0.391. The number of H-pyrrole nitrogens is 1. The largest absolute Gasteiger partial charge is 0.406 e. The lowest BCUT2D eigenvalue weighted by molar-refractivity contribution is -0.146. The summed E-state index contributed by atoms with van der Waals surface area (Å²) in [6.45, 7) is -0.627. The maximum Gasteiger partial charge on any atom is 0.406 e. The summed E-state index contributed by atoms with van der Waals surface area (Å²) < 4.78 is 40.1. The minimum Gasteiger partial charge on any atom is -0.351 e. The van der Waals surface area contributed by atoms with E-state index in [-0.39, 0.29) is 11.7 Å². The second-order valence-corrected chi connectivity index (χ2v) is 8.07. The Kier molecular flexibility index (Phi) is 6.27. The molecule has 1 aromatic carbocycles. The SMILES string of the molecule is O=C(c1cc2ccccc2[nH]1)N(CC(F)(F)F)[C@H]1CCC[C@H](NCc2ccncc2)C1. The van der Waals surface area contributed by atoms with Crippen molar-refractivity contribution in [2.75, 3.05) is 6.54 Å². The summed E-state index contributed by atoms with van der Waals surface area (Å²) in [6.07, 6.45) is 1.67. The number of nitrogens with zero attached hydrogens (tertiary/aromatic N) is 2. The van der Waals surface area contributed by atoms with Crippen molar-refractivity contribution in [2.24, 2.45) is 0 Å². The Balaban J connectivity index is 1.50. The topological polar surface area (TPSA) is 61.0 Å². The van der Waals surface area contributed by atoms with Gasteiger partial charge in [0.1, 0.15) is 12.2 Å². The number of halogens is 3. The summed E-state index contributed by atoms with van der Waals surface area (Å²) in [5.74, 6) is -0.603. The summed E-state index contributed by atoms with van der Waals surface area (Å²) in [5, 5.41) is 4.23. The fourth-order valence-corrected chi connectivity index (χ4v) is 4.30. The molecule has 4 rings (SSSR count). The zero-order chi connectivity index (χ0) is 21.8. The summed E-state index contributed by atoms with van der Waals surface area (Å²) in [4.78, 5) is 21.1. The molecule has 1 aliphatic rings. The van der Waals surface area contributed by atoms with E-state index in [9.17, 15) is 18.0 Å². The number of para-hydroxylation sites is 1. The Morgan fingerprint density at radius 1 is 1.16 bits per heavy atom. The standard InChI is InChI=1S/C23H25F3N4O/c24-23(25,26)15-30(22(31)21-12-17-4-1-2-7-20(17)29-21)19-6-3-5-18(13-19)28-14-16-8-10-27-11-9-16/h1-2,4,7-12,18-19,28-29H,3,5-6,13-15H2/t18-,19-/m0/s1. The van der Waals surface area contributed by atoms with Crippen molar-refractivity contribution in [1.29, 1.82) is 0 Å². The molecule has 2 atom stereocenters. The molecule has 0 unspecified atom stereocenters. The normalized spacial score (nSPS) is 19.5. The Morgan fingerprint density at radius 2 is 1.94 bits per heavy atom. The van der Waals surface area contributed by atoms with Crippen molar-refractivity contribution in [1.82, 2.24) is 20.2 Å². The number of nitrogens with one attached hydrogen (secondary N) is 2. The summed E-state index contributed by atoms with van der Waals surface area (Å²) in [6, 6.07) is 12.3. The van der Waals surface area contributed by atoms with Gasteiger partial charge in [0.15, 0.2) is 0 Å². The summed E-state index contributed by atoms with van der Waals surface area (Å²) in [7, 11) is 0. The monoisotopic (exact) mass is 430 g/mol. The lowest BCUT2D eigenvalue weighted by Crippen LogP contribution is -2.50. The maximum absolute atomic E-state index is 13.4. The van der Waals surface area contributed by atoms with Crippen LogP contribution in [-0.2, 0) is 6.54 Å². The van der Waals surface area contributed by atoms with E-state index in [2.05, 4.69) is 15.3 Å². The molecule has 1 saturated carbocycles. The zero-order valence-electron chi connectivity index (χ0n) is 17.0. The molecule has 0 spiro atoms. The Morgan fingerprint density at radius 3 is 2.68 bits per heavy atom. The molecule has 1 amide bonds. The van der Waals surface area contributed by atoms with Gasteiger partial charge in [0, 0.05) is 41.9 Å². The van der Waals surface area contributed by atoms with Crippen molar-refractivity contribution in [3.05, 3.63) is 66.1 Å². The first-order valence-corrected chi connectivity index (χ1v) is 10.5. The number of hydrogen-bond acceptors (Lipinski definition) is 3. The van der Waals surface area contributed by atoms with E-state index in [0.717, 1.165) is 34.2 Å². The van der Waals surface area contributed by atoms with E-state index in [4.69, 9.17) is 0 Å². The van der Waals surface area contributed by atoms with Gasteiger partial charge in [0.25, 0.3) is 5.91 Å². The molecule has 0 aliphatic heterocycles. The number of hydrogen-bond donors (Lipinski definition) is 2. The molecule has 2 heterocycles. The highest BCUT2D eigenvalue weighted by Gasteiger charge is 2.39. The number of pyridine rings is 1. The second-order valence-electron chi connectivity index (χ2n) is 8.07. The van der Waals surface area contributed by atoms with E-state index in [1.54, 1.807) is 24.5 Å². The van der Waals surface area contributed by atoms with Crippen molar-refractivity contribution < 1.29 is 18.0 Å². The number of benzene rings is 1. The van der Waals surface area contributed by atoms with Crippen LogP contribution in [0.1, 0.15) is 41.7 Å². The molecule has 0 bridgehead atoms. The third-order valence-electron chi connectivity index (χ3n) is 5.80. The van der Waals surface area contributed by atoms with Gasteiger partial charge in [-0.2, -0.15) is 13.2 Å². The van der Waals surface area contributed by atoms with Crippen molar-refractivity contribution in [2.45, 2.75) is 50.5 Å². The van der Waals surface area contributed by atoms with Gasteiger partial charge in [0.2, 0.25) is 0 Å². The minimum atomic E-state index is -4.46. The average molecular weight is 430 g/mol. The van der Waals surface area contributed by atoms with Crippen LogP contribution in [0.25, 0.3) is 10.9 Å². The van der Waals surface area contributed by atoms with E-state index >= 15 is 0 Å². The number of carbonyl (C=O) groups is 1. The molecule has 0 saturated heterocycles. The molecular formula is C23H25F3N4O. The van der Waals surface area contributed by atoms with Gasteiger partial charge >= 0.3 is 6.18 Å². The number of amides is 1. The number of aromatic amines is 1. The van der Waals surface area contributed by atoms with Gasteiger partial charge in [-0.25, -0.2) is 0 Å². The van der Waals surface area contributed by atoms with E-state index < -0.39 is 24.7 Å². The molecule has 164 valence electrons. The van der Waals surface area contributed by atoms with Crippen LogP contribution in [0.4, 0.5) is 13.2 Å². The molecule has 0 radical (unpaired) electrons. The van der Waals surface area contributed by atoms with E-state index in [1.165, 1.54) is 0 Å². The first-order valence-electron chi connectivity index (χ1n) is 10.5. The summed E-state index contributed by atoms with van der Waals surface area (Å²) >= 11 is 0. The molecule has 1 aliphatic carbocycles. The molecule has 31 heavy (non-hydrogen) atoms. The average Bonchev–Trinajstić information content (AvgIpc) is 3.20. The van der Waals surface area contributed by atoms with Gasteiger partial charge in [-0.05, 0) is 55.5 Å². The zero-order valence-corrected chi connectivity index (χ0v) is 17.0. The number of rotatable bonds is 6. The van der Waals surface area contributed by atoms with Crippen molar-refractivity contribution in [3.8, 4) is 0 Å². The van der Waals surface area contributed by atoms with Crippen molar-refractivity contribution >= 4 is 16.8 Å². The molecule has 3 aromatic rings. The highest BCUT2D eigenvalue weighted by molar-refractivity contribution is 5.98. The lowest BCUT2D eigenvalue weighted by atomic mass is 9.89.